The minimum atomic E-state index is -1.22. The van der Waals surface area contributed by atoms with Crippen LogP contribution in [0.15, 0.2) is 62.4 Å². The molecule has 1 aromatic heterocycles. The van der Waals surface area contributed by atoms with E-state index in [1.54, 1.807) is 12.0 Å². The predicted molar refractivity (Wildman–Crippen MR) is 150 cm³/mol. The zero-order valence-electron chi connectivity index (χ0n) is 23.1. The predicted octanol–water partition coefficient (Wildman–Crippen LogP) is 3.04. The number of aliphatic imine (C=N–C) groups is 1. The normalized spacial score (nSPS) is 25.5. The van der Waals surface area contributed by atoms with Crippen LogP contribution in [0.4, 0.5) is 14.6 Å². The number of anilines is 1. The number of methoxy groups -OCH3 is 1. The van der Waals surface area contributed by atoms with Gasteiger partial charge in [-0.15, -0.1) is 0 Å². The lowest BCUT2D eigenvalue weighted by molar-refractivity contribution is -0.148. The summed E-state index contributed by atoms with van der Waals surface area (Å²) in [5.74, 6) is -6.25. The Kier molecular flexibility index (Phi) is 7.37. The van der Waals surface area contributed by atoms with Crippen LogP contribution in [0.5, 0.6) is 0 Å². The van der Waals surface area contributed by atoms with Crippen LogP contribution in [0.2, 0.25) is 0 Å². The van der Waals surface area contributed by atoms with Crippen molar-refractivity contribution >= 4 is 47.1 Å². The van der Waals surface area contributed by atoms with Gasteiger partial charge in [-0.1, -0.05) is 11.6 Å². The molecule has 13 heteroatoms. The SMILES string of the molecule is COCCC1C(=O)N2CC(C(=O)OCC(=O)c3ccc(N)nc3F)C3=C(CN=CC(Cl)=C4C(F)=CC(=O)C=C43)C2C12CC2. The molecule has 1 saturated heterocycles. The van der Waals surface area contributed by atoms with Crippen molar-refractivity contribution in [3.05, 3.63) is 68.9 Å². The van der Waals surface area contributed by atoms with Crippen molar-refractivity contribution in [2.75, 3.05) is 39.1 Å². The third-order valence-electron chi connectivity index (χ3n) is 8.83. The van der Waals surface area contributed by atoms with E-state index in [-0.39, 0.29) is 46.9 Å². The van der Waals surface area contributed by atoms with Crippen molar-refractivity contribution in [3.8, 4) is 0 Å². The number of fused-ring (bicyclic) bond motifs is 5. The van der Waals surface area contributed by atoms with Gasteiger partial charge in [0.05, 0.1) is 23.2 Å². The molecule has 224 valence electrons. The number of halogens is 3. The Hall–Kier alpha value is -4.03. The number of ketones is 2. The maximum atomic E-state index is 15.3. The fourth-order valence-corrected chi connectivity index (χ4v) is 7.16. The summed E-state index contributed by atoms with van der Waals surface area (Å²) in [5, 5.41) is -0.0586. The summed E-state index contributed by atoms with van der Waals surface area (Å²) >= 11 is 6.43. The van der Waals surface area contributed by atoms with Crippen molar-refractivity contribution in [1.82, 2.24) is 9.88 Å². The van der Waals surface area contributed by atoms with Gasteiger partial charge in [0, 0.05) is 49.5 Å². The van der Waals surface area contributed by atoms with Gasteiger partial charge in [-0.3, -0.25) is 24.2 Å². The Morgan fingerprint density at radius 3 is 2.67 bits per heavy atom. The molecule has 43 heavy (non-hydrogen) atoms. The maximum absolute atomic E-state index is 15.3. The highest BCUT2D eigenvalue weighted by Crippen LogP contribution is 2.65. The zero-order chi connectivity index (χ0) is 30.6. The fraction of sp³-hybridized carbons (Fsp3) is 0.400. The number of hydrogen-bond acceptors (Lipinski definition) is 9. The Balaban J connectivity index is 1.42. The van der Waals surface area contributed by atoms with E-state index in [4.69, 9.17) is 26.8 Å². The molecule has 1 spiro atoms. The molecule has 1 saturated carbocycles. The van der Waals surface area contributed by atoms with Crippen molar-refractivity contribution in [2.24, 2.45) is 22.2 Å². The molecule has 4 heterocycles. The quantitative estimate of drug-likeness (QED) is 0.281. The molecule has 2 aliphatic carbocycles. The van der Waals surface area contributed by atoms with Gasteiger partial charge in [0.1, 0.15) is 17.6 Å². The molecule has 3 unspecified atom stereocenters. The summed E-state index contributed by atoms with van der Waals surface area (Å²) < 4.78 is 40.2. The average Bonchev–Trinajstić information content (AvgIpc) is 3.70. The minimum absolute atomic E-state index is 0.0356. The number of amides is 1. The van der Waals surface area contributed by atoms with Crippen molar-refractivity contribution in [3.63, 3.8) is 0 Å². The Morgan fingerprint density at radius 2 is 1.98 bits per heavy atom. The molecule has 6 rings (SSSR count). The van der Waals surface area contributed by atoms with Crippen LogP contribution < -0.4 is 5.73 Å². The lowest BCUT2D eigenvalue weighted by Gasteiger charge is -2.41. The monoisotopic (exact) mass is 612 g/mol. The largest absolute Gasteiger partial charge is 0.457 e. The van der Waals surface area contributed by atoms with Gasteiger partial charge >= 0.3 is 5.97 Å². The van der Waals surface area contributed by atoms with Crippen LogP contribution in [0.1, 0.15) is 29.6 Å². The number of Topliss-reactive ketones (excluding diaryl/α,β-unsaturated/α-hetero) is 1. The molecular formula is C30H27ClF2N4O6. The van der Waals surface area contributed by atoms with Gasteiger partial charge < -0.3 is 20.1 Å². The van der Waals surface area contributed by atoms with Crippen molar-refractivity contribution < 1.29 is 37.4 Å². The highest BCUT2D eigenvalue weighted by atomic mass is 35.5. The first kappa shape index (κ1) is 29.1. The Bertz CT molecular complexity index is 1630. The second kappa shape index (κ2) is 10.9. The molecule has 5 aliphatic rings. The third-order valence-corrected chi connectivity index (χ3v) is 9.12. The summed E-state index contributed by atoms with van der Waals surface area (Å²) in [7, 11) is 1.56. The molecule has 1 amide bonds. The van der Waals surface area contributed by atoms with Gasteiger partial charge in [-0.25, -0.2) is 9.37 Å². The second-order valence-electron chi connectivity index (χ2n) is 11.2. The van der Waals surface area contributed by atoms with E-state index in [0.29, 0.717) is 24.2 Å². The number of nitrogen functional groups attached to an aromatic ring is 1. The maximum Gasteiger partial charge on any atom is 0.315 e. The number of carbonyl (C=O) groups is 4. The number of carbonyl (C=O) groups excluding carboxylic acids is 4. The minimum Gasteiger partial charge on any atom is -0.457 e. The molecule has 0 radical (unpaired) electrons. The van der Waals surface area contributed by atoms with E-state index >= 15 is 4.39 Å². The second-order valence-corrected chi connectivity index (χ2v) is 11.6. The summed E-state index contributed by atoms with van der Waals surface area (Å²) in [6.45, 7) is -0.561. The lowest BCUT2D eigenvalue weighted by Crippen LogP contribution is -2.49. The third kappa shape index (κ3) is 4.82. The number of esters is 1. The average molecular weight is 613 g/mol. The molecule has 10 nitrogen and oxygen atoms in total. The van der Waals surface area contributed by atoms with Crippen molar-refractivity contribution in [2.45, 2.75) is 25.3 Å². The van der Waals surface area contributed by atoms with Crippen LogP contribution >= 0.6 is 11.6 Å². The van der Waals surface area contributed by atoms with Gasteiger partial charge in [0.25, 0.3) is 0 Å². The van der Waals surface area contributed by atoms with E-state index < -0.39 is 58.9 Å². The van der Waals surface area contributed by atoms with Gasteiger partial charge in [-0.05, 0) is 54.2 Å². The number of hydrogen-bond donors (Lipinski definition) is 1. The highest BCUT2D eigenvalue weighted by Gasteiger charge is 2.67. The van der Waals surface area contributed by atoms with Crippen LogP contribution in [0.25, 0.3) is 0 Å². The number of nitrogens with two attached hydrogens (primary N) is 1. The highest BCUT2D eigenvalue weighted by molar-refractivity contribution is 6.40. The van der Waals surface area contributed by atoms with E-state index in [2.05, 4.69) is 9.98 Å². The van der Waals surface area contributed by atoms with Crippen LogP contribution in [-0.4, -0.2) is 79.0 Å². The molecule has 2 N–H and O–H groups in total. The molecule has 3 aliphatic heterocycles. The first-order valence-electron chi connectivity index (χ1n) is 13.7. The molecule has 2 fully saturated rings. The molecule has 0 aromatic carbocycles. The standard InChI is InChI=1S/C30H27ClF2N4O6/c1-42-7-4-19-28(40)37-12-18(29(41)43-13-22(39)15-2-3-23(34)36-27(15)33)24-16-8-14(38)9-21(32)25(16)20(31)11-35-10-17(24)26(37)30(19)5-6-30/h2-3,8-9,11,18-19,26H,4-7,10,12-13H2,1H3,(H2,34,36). The van der Waals surface area contributed by atoms with Crippen LogP contribution in [-0.2, 0) is 23.9 Å². The number of nitrogens with zero attached hydrogens (tertiary/aromatic N) is 3. The van der Waals surface area contributed by atoms with Crippen LogP contribution in [0.3, 0.4) is 0 Å². The Morgan fingerprint density at radius 1 is 1.21 bits per heavy atom. The molecule has 0 bridgehead atoms. The van der Waals surface area contributed by atoms with E-state index in [0.717, 1.165) is 25.0 Å². The summed E-state index contributed by atoms with van der Waals surface area (Å²) in [6.07, 6.45) is 5.32. The van der Waals surface area contributed by atoms with Crippen LogP contribution in [0, 0.1) is 23.2 Å². The van der Waals surface area contributed by atoms with Gasteiger partial charge in [0.2, 0.25) is 17.6 Å². The van der Waals surface area contributed by atoms with Gasteiger partial charge in [-0.2, -0.15) is 4.39 Å². The van der Waals surface area contributed by atoms with E-state index in [1.807, 2.05) is 0 Å². The molecule has 1 aromatic rings. The number of allylic oxidation sites excluding steroid dienone is 6. The summed E-state index contributed by atoms with van der Waals surface area (Å²) in [6, 6.07) is 1.93. The van der Waals surface area contributed by atoms with E-state index in [9.17, 15) is 23.6 Å². The number of aromatic nitrogens is 1. The smallest absolute Gasteiger partial charge is 0.315 e. The zero-order valence-corrected chi connectivity index (χ0v) is 23.8. The van der Waals surface area contributed by atoms with E-state index in [1.165, 1.54) is 18.4 Å². The molecule has 3 atom stereocenters. The number of pyridine rings is 1. The van der Waals surface area contributed by atoms with Crippen molar-refractivity contribution in [1.29, 1.82) is 0 Å². The molecular weight excluding hydrogens is 586 g/mol. The first-order valence-corrected chi connectivity index (χ1v) is 14.1. The number of rotatable bonds is 7. The fourth-order valence-electron chi connectivity index (χ4n) is 6.90. The topological polar surface area (TPSA) is 141 Å². The summed E-state index contributed by atoms with van der Waals surface area (Å²) in [4.78, 5) is 62.4. The summed E-state index contributed by atoms with van der Waals surface area (Å²) in [5.41, 5.74) is 5.52. The number of ether oxygens (including phenoxy) is 2. The Labute approximate surface area is 249 Å². The van der Waals surface area contributed by atoms with Gasteiger partial charge in [0.15, 0.2) is 12.4 Å². The first-order chi connectivity index (χ1) is 20.6. The lowest BCUT2D eigenvalue weighted by atomic mass is 9.73.